The summed E-state index contributed by atoms with van der Waals surface area (Å²) in [5.74, 6) is -0.173. The number of carbonyl (C=O) groups excluding carboxylic acids is 2. The maximum atomic E-state index is 12.0. The molecule has 0 aliphatic heterocycles. The summed E-state index contributed by atoms with van der Waals surface area (Å²) in [6, 6.07) is 6.91. The predicted octanol–water partition coefficient (Wildman–Crippen LogP) is 2.34. The fourth-order valence-corrected chi connectivity index (χ4v) is 1.87. The highest BCUT2D eigenvalue weighted by molar-refractivity contribution is 5.97. The van der Waals surface area contributed by atoms with Crippen LogP contribution < -0.4 is 5.32 Å². The summed E-state index contributed by atoms with van der Waals surface area (Å²) < 4.78 is 1.79. The number of rotatable bonds is 4. The Morgan fingerprint density at radius 2 is 2.05 bits per heavy atom. The number of benzene rings is 1. The van der Waals surface area contributed by atoms with E-state index >= 15 is 0 Å². The van der Waals surface area contributed by atoms with Crippen molar-refractivity contribution in [3.05, 3.63) is 47.5 Å². The number of ketones is 1. The first-order valence-electron chi connectivity index (χ1n) is 6.36. The van der Waals surface area contributed by atoms with Crippen LogP contribution in [0.1, 0.15) is 28.7 Å². The molecule has 5 nitrogen and oxygen atoms in total. The van der Waals surface area contributed by atoms with Gasteiger partial charge in [-0.2, -0.15) is 0 Å². The Hall–Kier alpha value is -2.43. The van der Waals surface area contributed by atoms with Crippen molar-refractivity contribution in [3.63, 3.8) is 0 Å². The highest BCUT2D eigenvalue weighted by Gasteiger charge is 2.08. The van der Waals surface area contributed by atoms with E-state index in [2.05, 4.69) is 10.3 Å². The largest absolute Gasteiger partial charge is 0.325 e. The number of imidazole rings is 1. The van der Waals surface area contributed by atoms with E-state index < -0.39 is 0 Å². The van der Waals surface area contributed by atoms with Crippen molar-refractivity contribution in [3.8, 4) is 0 Å². The molecule has 1 N–H and O–H groups in total. The molecule has 104 valence electrons. The molecule has 1 heterocycles. The second-order valence-electron chi connectivity index (χ2n) is 4.73. The normalized spacial score (nSPS) is 10.3. The van der Waals surface area contributed by atoms with Crippen LogP contribution in [-0.4, -0.2) is 21.2 Å². The quantitative estimate of drug-likeness (QED) is 0.868. The molecule has 5 heteroatoms. The number of nitrogens with one attached hydrogen (secondary N) is 1. The second-order valence-corrected chi connectivity index (χ2v) is 4.73. The molecule has 0 saturated heterocycles. The molecule has 0 atom stereocenters. The van der Waals surface area contributed by atoms with E-state index in [4.69, 9.17) is 0 Å². The summed E-state index contributed by atoms with van der Waals surface area (Å²) >= 11 is 0. The van der Waals surface area contributed by atoms with Gasteiger partial charge in [0.25, 0.3) is 0 Å². The smallest absolute Gasteiger partial charge is 0.244 e. The summed E-state index contributed by atoms with van der Waals surface area (Å²) in [5.41, 5.74) is 3.09. The fraction of sp³-hybridized carbons (Fsp3) is 0.267. The number of carbonyl (C=O) groups is 2. The first-order valence-corrected chi connectivity index (χ1v) is 6.36. The topological polar surface area (TPSA) is 64.0 Å². The van der Waals surface area contributed by atoms with Crippen molar-refractivity contribution in [1.29, 1.82) is 0 Å². The number of aromatic nitrogens is 2. The van der Waals surface area contributed by atoms with Crippen molar-refractivity contribution >= 4 is 17.4 Å². The van der Waals surface area contributed by atoms with Crippen LogP contribution in [0.3, 0.4) is 0 Å². The van der Waals surface area contributed by atoms with Gasteiger partial charge >= 0.3 is 0 Å². The van der Waals surface area contributed by atoms with E-state index in [1.54, 1.807) is 35.2 Å². The monoisotopic (exact) mass is 271 g/mol. The van der Waals surface area contributed by atoms with E-state index in [0.717, 1.165) is 11.4 Å². The van der Waals surface area contributed by atoms with Crippen LogP contribution >= 0.6 is 0 Å². The first-order chi connectivity index (χ1) is 9.47. The molecule has 0 aliphatic carbocycles. The van der Waals surface area contributed by atoms with Crippen LogP contribution in [0.15, 0.2) is 30.6 Å². The van der Waals surface area contributed by atoms with Crippen LogP contribution in [0.5, 0.6) is 0 Å². The van der Waals surface area contributed by atoms with Crippen molar-refractivity contribution in [2.75, 3.05) is 5.32 Å². The van der Waals surface area contributed by atoms with E-state index in [1.165, 1.54) is 6.92 Å². The lowest BCUT2D eigenvalue weighted by atomic mass is 10.1. The first kappa shape index (κ1) is 14.0. The number of amides is 1. The predicted molar refractivity (Wildman–Crippen MR) is 76.8 cm³/mol. The van der Waals surface area contributed by atoms with E-state index in [-0.39, 0.29) is 18.2 Å². The molecule has 0 spiro atoms. The van der Waals surface area contributed by atoms with Crippen molar-refractivity contribution in [2.45, 2.75) is 27.3 Å². The van der Waals surface area contributed by atoms with Gasteiger partial charge in [-0.15, -0.1) is 0 Å². The highest BCUT2D eigenvalue weighted by Crippen LogP contribution is 2.12. The molecular formula is C15H17N3O2. The molecule has 0 bridgehead atoms. The zero-order chi connectivity index (χ0) is 14.7. The number of hydrogen-bond donors (Lipinski definition) is 1. The summed E-state index contributed by atoms with van der Waals surface area (Å²) in [4.78, 5) is 27.4. The summed E-state index contributed by atoms with van der Waals surface area (Å²) in [5, 5.41) is 2.78. The molecule has 1 amide bonds. The van der Waals surface area contributed by atoms with Crippen molar-refractivity contribution in [2.24, 2.45) is 0 Å². The van der Waals surface area contributed by atoms with Gasteiger partial charge in [0.05, 0.1) is 12.0 Å². The average molecular weight is 271 g/mol. The van der Waals surface area contributed by atoms with Crippen LogP contribution in [0, 0.1) is 13.8 Å². The lowest BCUT2D eigenvalue weighted by Crippen LogP contribution is -2.19. The molecule has 0 fully saturated rings. The molecular weight excluding hydrogens is 254 g/mol. The van der Waals surface area contributed by atoms with Crippen LogP contribution in [-0.2, 0) is 11.3 Å². The van der Waals surface area contributed by atoms with Gasteiger partial charge in [0, 0.05) is 16.9 Å². The van der Waals surface area contributed by atoms with E-state index in [0.29, 0.717) is 11.3 Å². The molecule has 1 aromatic carbocycles. The summed E-state index contributed by atoms with van der Waals surface area (Å²) in [6.45, 7) is 5.53. The molecule has 1 aromatic heterocycles. The minimum absolute atomic E-state index is 0.0258. The summed E-state index contributed by atoms with van der Waals surface area (Å²) in [7, 11) is 0. The minimum atomic E-state index is -0.147. The van der Waals surface area contributed by atoms with Gasteiger partial charge in [0.2, 0.25) is 5.91 Å². The third-order valence-corrected chi connectivity index (χ3v) is 3.21. The molecule has 20 heavy (non-hydrogen) atoms. The van der Waals surface area contributed by atoms with Gasteiger partial charge in [0.15, 0.2) is 5.78 Å². The zero-order valence-electron chi connectivity index (χ0n) is 11.8. The Bertz CT molecular complexity index is 659. The van der Waals surface area contributed by atoms with Crippen molar-refractivity contribution in [1.82, 2.24) is 9.55 Å². The highest BCUT2D eigenvalue weighted by atomic mass is 16.2. The average Bonchev–Trinajstić information content (AvgIpc) is 2.71. The molecule has 2 rings (SSSR count). The van der Waals surface area contributed by atoms with Gasteiger partial charge in [-0.25, -0.2) is 4.98 Å². The Balaban J connectivity index is 2.06. The van der Waals surface area contributed by atoms with Crippen LogP contribution in [0.2, 0.25) is 0 Å². The van der Waals surface area contributed by atoms with Gasteiger partial charge in [-0.05, 0) is 32.9 Å². The van der Waals surface area contributed by atoms with Crippen molar-refractivity contribution < 1.29 is 9.59 Å². The maximum absolute atomic E-state index is 12.0. The van der Waals surface area contributed by atoms with Gasteiger partial charge in [-0.1, -0.05) is 12.1 Å². The Labute approximate surface area is 117 Å². The van der Waals surface area contributed by atoms with Gasteiger partial charge in [0.1, 0.15) is 6.54 Å². The lowest BCUT2D eigenvalue weighted by molar-refractivity contribution is -0.116. The Morgan fingerprint density at radius 1 is 1.30 bits per heavy atom. The Kier molecular flexibility index (Phi) is 3.98. The minimum Gasteiger partial charge on any atom is -0.325 e. The molecule has 0 aliphatic rings. The molecule has 0 unspecified atom stereocenters. The van der Waals surface area contributed by atoms with Crippen LogP contribution in [0.25, 0.3) is 0 Å². The molecule has 0 saturated carbocycles. The zero-order valence-corrected chi connectivity index (χ0v) is 11.8. The third kappa shape index (κ3) is 3.12. The maximum Gasteiger partial charge on any atom is 0.244 e. The number of hydrogen-bond acceptors (Lipinski definition) is 3. The second kappa shape index (κ2) is 5.69. The fourth-order valence-electron chi connectivity index (χ4n) is 1.87. The molecule has 2 aromatic rings. The van der Waals surface area contributed by atoms with E-state index in [1.807, 2.05) is 13.8 Å². The van der Waals surface area contributed by atoms with Gasteiger partial charge in [-0.3, -0.25) is 9.59 Å². The standard InChI is InChI=1S/C15H17N3O2/c1-10-11(2)18(9-16-10)8-15(20)17-14-6-4-5-13(7-14)12(3)19/h4-7,9H,8H2,1-3H3,(H,17,20). The lowest BCUT2D eigenvalue weighted by Gasteiger charge is -2.08. The molecule has 0 radical (unpaired) electrons. The number of aryl methyl sites for hydroxylation is 1. The number of Topliss-reactive ketones (excluding diaryl/α,β-unsaturated/α-hetero) is 1. The third-order valence-electron chi connectivity index (χ3n) is 3.21. The number of nitrogens with zero attached hydrogens (tertiary/aromatic N) is 2. The summed E-state index contributed by atoms with van der Waals surface area (Å²) in [6.07, 6.45) is 1.65. The van der Waals surface area contributed by atoms with E-state index in [9.17, 15) is 9.59 Å². The van der Waals surface area contributed by atoms with Crippen LogP contribution in [0.4, 0.5) is 5.69 Å². The SMILES string of the molecule is CC(=O)c1cccc(NC(=O)Cn2cnc(C)c2C)c1. The number of anilines is 1. The van der Waals surface area contributed by atoms with Gasteiger partial charge < -0.3 is 9.88 Å². The Morgan fingerprint density at radius 3 is 2.65 bits per heavy atom.